The molecule has 0 N–H and O–H groups in total. The number of fused-ring (bicyclic) bond motifs is 1. The fourth-order valence-corrected chi connectivity index (χ4v) is 4.14. The van der Waals surface area contributed by atoms with Crippen LogP contribution in [0.3, 0.4) is 0 Å². The Morgan fingerprint density at radius 2 is 1.65 bits per heavy atom. The highest BCUT2D eigenvalue weighted by Gasteiger charge is 2.28. The van der Waals surface area contributed by atoms with Crippen LogP contribution < -0.4 is 19.3 Å². The standard InChI is InChI=1S/C24H29N3O4/c1-18-17-27(21-5-3-4-6-22(21)31-18)24(29)12-11-23(28)26-15-13-25(14-16-26)19-7-9-20(30-2)10-8-19/h3-10,18H,11-17H2,1-2H3/t18-/m1/s1. The second-order valence-corrected chi connectivity index (χ2v) is 7.97. The predicted octanol–water partition coefficient (Wildman–Crippen LogP) is 2.94. The third-order valence-corrected chi connectivity index (χ3v) is 5.85. The molecule has 0 aliphatic carbocycles. The van der Waals surface area contributed by atoms with Gasteiger partial charge >= 0.3 is 0 Å². The Morgan fingerprint density at radius 1 is 0.968 bits per heavy atom. The van der Waals surface area contributed by atoms with Gasteiger partial charge in [-0.25, -0.2) is 0 Å². The number of amides is 2. The first-order chi connectivity index (χ1) is 15.0. The van der Waals surface area contributed by atoms with Crippen molar-refractivity contribution < 1.29 is 19.1 Å². The monoisotopic (exact) mass is 423 g/mol. The quantitative estimate of drug-likeness (QED) is 0.740. The summed E-state index contributed by atoms with van der Waals surface area (Å²) < 4.78 is 11.0. The summed E-state index contributed by atoms with van der Waals surface area (Å²) in [5.74, 6) is 1.56. The summed E-state index contributed by atoms with van der Waals surface area (Å²) >= 11 is 0. The molecular weight excluding hydrogens is 394 g/mol. The summed E-state index contributed by atoms with van der Waals surface area (Å²) in [5.41, 5.74) is 1.91. The van der Waals surface area contributed by atoms with Gasteiger partial charge in [0.05, 0.1) is 19.3 Å². The molecule has 2 heterocycles. The highest BCUT2D eigenvalue weighted by molar-refractivity contribution is 5.97. The summed E-state index contributed by atoms with van der Waals surface area (Å²) in [7, 11) is 1.66. The number of carbonyl (C=O) groups is 2. The number of nitrogens with zero attached hydrogens (tertiary/aromatic N) is 3. The Labute approximate surface area is 183 Å². The van der Waals surface area contributed by atoms with Crippen LogP contribution in [0.5, 0.6) is 11.5 Å². The van der Waals surface area contributed by atoms with Crippen LogP contribution in [-0.4, -0.2) is 62.7 Å². The number of hydrogen-bond acceptors (Lipinski definition) is 5. The molecule has 7 nitrogen and oxygen atoms in total. The molecule has 2 aliphatic rings. The van der Waals surface area contributed by atoms with Gasteiger partial charge in [-0.1, -0.05) is 12.1 Å². The van der Waals surface area contributed by atoms with Crippen molar-refractivity contribution in [1.29, 1.82) is 0 Å². The van der Waals surface area contributed by atoms with Crippen LogP contribution in [0.15, 0.2) is 48.5 Å². The molecule has 0 unspecified atom stereocenters. The van der Waals surface area contributed by atoms with Crippen molar-refractivity contribution in [3.63, 3.8) is 0 Å². The molecule has 0 aromatic heterocycles. The van der Waals surface area contributed by atoms with Crippen LogP contribution in [0, 0.1) is 0 Å². The van der Waals surface area contributed by atoms with Gasteiger partial charge in [0.2, 0.25) is 11.8 Å². The summed E-state index contributed by atoms with van der Waals surface area (Å²) in [4.78, 5) is 31.5. The number of hydrogen-bond donors (Lipinski definition) is 0. The lowest BCUT2D eigenvalue weighted by atomic mass is 10.1. The predicted molar refractivity (Wildman–Crippen MR) is 120 cm³/mol. The van der Waals surface area contributed by atoms with Gasteiger partial charge in [0.25, 0.3) is 0 Å². The van der Waals surface area contributed by atoms with Crippen molar-refractivity contribution in [2.75, 3.05) is 49.6 Å². The smallest absolute Gasteiger partial charge is 0.227 e. The SMILES string of the molecule is COc1ccc(N2CCN(C(=O)CCC(=O)N3C[C@@H](C)Oc4ccccc43)CC2)cc1. The Balaban J connectivity index is 1.28. The summed E-state index contributed by atoms with van der Waals surface area (Å²) in [6.45, 7) is 5.34. The topological polar surface area (TPSA) is 62.3 Å². The normalized spacial score (nSPS) is 18.3. The van der Waals surface area contributed by atoms with E-state index >= 15 is 0 Å². The molecule has 0 saturated carbocycles. The number of rotatable bonds is 5. The summed E-state index contributed by atoms with van der Waals surface area (Å²) in [6.07, 6.45) is 0.369. The lowest BCUT2D eigenvalue weighted by Crippen LogP contribution is -2.49. The first kappa shape index (κ1) is 21.0. The summed E-state index contributed by atoms with van der Waals surface area (Å²) in [5, 5.41) is 0. The van der Waals surface area contributed by atoms with E-state index in [0.29, 0.717) is 19.6 Å². The maximum Gasteiger partial charge on any atom is 0.227 e. The van der Waals surface area contributed by atoms with Crippen molar-refractivity contribution >= 4 is 23.2 Å². The summed E-state index contributed by atoms with van der Waals surface area (Å²) in [6, 6.07) is 15.5. The van der Waals surface area contributed by atoms with Gasteiger partial charge in [-0.3, -0.25) is 9.59 Å². The molecule has 0 spiro atoms. The van der Waals surface area contributed by atoms with E-state index in [9.17, 15) is 9.59 Å². The van der Waals surface area contributed by atoms with E-state index in [0.717, 1.165) is 36.0 Å². The van der Waals surface area contributed by atoms with Crippen LogP contribution in [0.25, 0.3) is 0 Å². The second kappa shape index (κ2) is 9.29. The van der Waals surface area contributed by atoms with Crippen LogP contribution in [0.4, 0.5) is 11.4 Å². The van der Waals surface area contributed by atoms with Gasteiger partial charge < -0.3 is 24.2 Å². The fraction of sp³-hybridized carbons (Fsp3) is 0.417. The van der Waals surface area contributed by atoms with Crippen molar-refractivity contribution in [3.05, 3.63) is 48.5 Å². The Kier molecular flexibility index (Phi) is 6.30. The molecule has 1 atom stereocenters. The highest BCUT2D eigenvalue weighted by atomic mass is 16.5. The molecule has 31 heavy (non-hydrogen) atoms. The number of carbonyl (C=O) groups excluding carboxylic acids is 2. The van der Waals surface area contributed by atoms with Crippen LogP contribution in [0.2, 0.25) is 0 Å². The molecule has 164 valence electrons. The molecule has 4 rings (SSSR count). The minimum Gasteiger partial charge on any atom is -0.497 e. The maximum atomic E-state index is 12.9. The van der Waals surface area contributed by atoms with E-state index < -0.39 is 0 Å². The Hall–Kier alpha value is -3.22. The van der Waals surface area contributed by atoms with Crippen molar-refractivity contribution in [1.82, 2.24) is 4.90 Å². The minimum atomic E-state index is -0.0689. The number of anilines is 2. The van der Waals surface area contributed by atoms with Gasteiger partial charge in [0.15, 0.2) is 0 Å². The number of piperazine rings is 1. The molecule has 2 aromatic rings. The highest BCUT2D eigenvalue weighted by Crippen LogP contribution is 2.33. The zero-order valence-corrected chi connectivity index (χ0v) is 18.1. The van der Waals surface area contributed by atoms with Gasteiger partial charge in [-0.15, -0.1) is 0 Å². The van der Waals surface area contributed by atoms with E-state index in [4.69, 9.17) is 9.47 Å². The van der Waals surface area contributed by atoms with E-state index in [1.54, 1.807) is 12.0 Å². The van der Waals surface area contributed by atoms with Crippen LogP contribution in [-0.2, 0) is 9.59 Å². The molecule has 0 bridgehead atoms. The van der Waals surface area contributed by atoms with Gasteiger partial charge in [0, 0.05) is 44.7 Å². The van der Waals surface area contributed by atoms with Crippen molar-refractivity contribution in [3.8, 4) is 11.5 Å². The molecule has 2 aliphatic heterocycles. The number of benzene rings is 2. The van der Waals surface area contributed by atoms with Gasteiger partial charge in [-0.2, -0.15) is 0 Å². The molecular formula is C24H29N3O4. The van der Waals surface area contributed by atoms with Gasteiger partial charge in [0.1, 0.15) is 17.6 Å². The molecule has 0 radical (unpaired) electrons. The first-order valence-electron chi connectivity index (χ1n) is 10.8. The molecule has 2 amide bonds. The fourth-order valence-electron chi connectivity index (χ4n) is 4.14. The minimum absolute atomic E-state index is 0.0344. The molecule has 1 fully saturated rings. The molecule has 7 heteroatoms. The lowest BCUT2D eigenvalue weighted by molar-refractivity contribution is -0.133. The second-order valence-electron chi connectivity index (χ2n) is 7.97. The van der Waals surface area contributed by atoms with Crippen molar-refractivity contribution in [2.24, 2.45) is 0 Å². The van der Waals surface area contributed by atoms with E-state index in [1.165, 1.54) is 0 Å². The first-order valence-corrected chi connectivity index (χ1v) is 10.8. The van der Waals surface area contributed by atoms with E-state index in [2.05, 4.69) is 4.90 Å². The lowest BCUT2D eigenvalue weighted by Gasteiger charge is -2.36. The van der Waals surface area contributed by atoms with Gasteiger partial charge in [-0.05, 0) is 43.3 Å². The third kappa shape index (κ3) is 4.76. The van der Waals surface area contributed by atoms with E-state index in [1.807, 2.05) is 60.4 Å². The molecule has 2 aromatic carbocycles. The van der Waals surface area contributed by atoms with Crippen LogP contribution >= 0.6 is 0 Å². The maximum absolute atomic E-state index is 12.9. The number of methoxy groups -OCH3 is 1. The Bertz CT molecular complexity index is 923. The Morgan fingerprint density at radius 3 is 2.35 bits per heavy atom. The third-order valence-electron chi connectivity index (χ3n) is 5.85. The van der Waals surface area contributed by atoms with Crippen molar-refractivity contribution in [2.45, 2.75) is 25.9 Å². The van der Waals surface area contributed by atoms with E-state index in [-0.39, 0.29) is 30.8 Å². The average molecular weight is 424 g/mol. The number of para-hydroxylation sites is 2. The number of ether oxygens (including phenoxy) is 2. The zero-order valence-electron chi connectivity index (χ0n) is 18.1. The zero-order chi connectivity index (χ0) is 21.8. The molecule has 1 saturated heterocycles. The largest absolute Gasteiger partial charge is 0.497 e. The average Bonchev–Trinajstić information content (AvgIpc) is 2.82. The van der Waals surface area contributed by atoms with Crippen LogP contribution in [0.1, 0.15) is 19.8 Å².